The fraction of sp³-hybridized carbons (Fsp3) is 0.500. The molecule has 0 saturated carbocycles. The van der Waals surface area contributed by atoms with Gasteiger partial charge >= 0.3 is 0 Å². The molecule has 1 aliphatic heterocycles. The minimum absolute atomic E-state index is 0.0893. The SMILES string of the molecule is CNCC1CCN(C(=O)/C=C/c2cc(C)ccc2OC)CC1. The summed E-state index contributed by atoms with van der Waals surface area (Å²) in [5.41, 5.74) is 2.10. The lowest BCUT2D eigenvalue weighted by atomic mass is 9.97. The van der Waals surface area contributed by atoms with Gasteiger partial charge in [0.25, 0.3) is 0 Å². The van der Waals surface area contributed by atoms with Crippen LogP contribution < -0.4 is 10.1 Å². The van der Waals surface area contributed by atoms with Crippen LogP contribution in [0.4, 0.5) is 0 Å². The van der Waals surface area contributed by atoms with Crippen molar-refractivity contribution in [2.45, 2.75) is 19.8 Å². The molecule has 1 amide bonds. The standard InChI is InChI=1S/C18H26N2O2/c1-14-4-6-17(22-3)16(12-14)5-7-18(21)20-10-8-15(9-11-20)13-19-2/h4-7,12,15,19H,8-11,13H2,1-3H3/b7-5+. The lowest BCUT2D eigenvalue weighted by molar-refractivity contribution is -0.127. The van der Waals surface area contributed by atoms with E-state index in [0.29, 0.717) is 5.92 Å². The van der Waals surface area contributed by atoms with Gasteiger partial charge in [-0.25, -0.2) is 0 Å². The summed E-state index contributed by atoms with van der Waals surface area (Å²) in [5.74, 6) is 1.57. The summed E-state index contributed by atoms with van der Waals surface area (Å²) in [6.45, 7) is 4.77. The zero-order valence-electron chi connectivity index (χ0n) is 13.8. The van der Waals surface area contributed by atoms with Crippen LogP contribution in [0.5, 0.6) is 5.75 Å². The van der Waals surface area contributed by atoms with Crippen molar-refractivity contribution in [3.63, 3.8) is 0 Å². The molecule has 1 saturated heterocycles. The zero-order valence-corrected chi connectivity index (χ0v) is 13.8. The molecule has 1 aromatic rings. The molecule has 4 nitrogen and oxygen atoms in total. The van der Waals surface area contributed by atoms with Gasteiger partial charge in [0.1, 0.15) is 5.75 Å². The van der Waals surface area contributed by atoms with Crippen molar-refractivity contribution < 1.29 is 9.53 Å². The number of carbonyl (C=O) groups is 1. The summed E-state index contributed by atoms with van der Waals surface area (Å²) < 4.78 is 5.34. The summed E-state index contributed by atoms with van der Waals surface area (Å²) in [6.07, 6.45) is 5.67. The Morgan fingerprint density at radius 2 is 2.14 bits per heavy atom. The van der Waals surface area contributed by atoms with Gasteiger partial charge in [-0.05, 0) is 57.5 Å². The maximum Gasteiger partial charge on any atom is 0.246 e. The Bertz CT molecular complexity index is 532. The topological polar surface area (TPSA) is 41.6 Å². The first-order valence-corrected chi connectivity index (χ1v) is 7.90. The number of piperidine rings is 1. The number of carbonyl (C=O) groups excluding carboxylic acids is 1. The maximum atomic E-state index is 12.3. The van der Waals surface area contributed by atoms with Gasteiger partial charge in [-0.15, -0.1) is 0 Å². The molecule has 0 spiro atoms. The normalized spacial score (nSPS) is 16.2. The van der Waals surface area contributed by atoms with Crippen LogP contribution in [0, 0.1) is 12.8 Å². The number of methoxy groups -OCH3 is 1. The number of aryl methyl sites for hydroxylation is 1. The molecule has 22 heavy (non-hydrogen) atoms. The first-order valence-electron chi connectivity index (χ1n) is 7.90. The van der Waals surface area contributed by atoms with Crippen molar-refractivity contribution in [2.75, 3.05) is 33.8 Å². The quantitative estimate of drug-likeness (QED) is 0.850. The molecule has 1 aromatic carbocycles. The predicted octanol–water partition coefficient (Wildman–Crippen LogP) is 2.47. The molecule has 1 aliphatic rings. The third-order valence-corrected chi connectivity index (χ3v) is 4.21. The van der Waals surface area contributed by atoms with Crippen molar-refractivity contribution >= 4 is 12.0 Å². The van der Waals surface area contributed by atoms with Crippen molar-refractivity contribution in [3.05, 3.63) is 35.4 Å². The molecule has 0 aromatic heterocycles. The predicted molar refractivity (Wildman–Crippen MR) is 90.0 cm³/mol. The fourth-order valence-electron chi connectivity index (χ4n) is 2.90. The van der Waals surface area contributed by atoms with Crippen LogP contribution >= 0.6 is 0 Å². The summed E-state index contributed by atoms with van der Waals surface area (Å²) in [6, 6.07) is 5.97. The Kier molecular flexibility index (Phi) is 6.01. The van der Waals surface area contributed by atoms with E-state index in [1.807, 2.05) is 43.1 Å². The Hall–Kier alpha value is -1.81. The monoisotopic (exact) mass is 302 g/mol. The van der Waals surface area contributed by atoms with Crippen LogP contribution in [0.15, 0.2) is 24.3 Å². The van der Waals surface area contributed by atoms with Crippen LogP contribution in [0.25, 0.3) is 6.08 Å². The highest BCUT2D eigenvalue weighted by molar-refractivity contribution is 5.92. The molecule has 1 fully saturated rings. The highest BCUT2D eigenvalue weighted by Crippen LogP contribution is 2.21. The van der Waals surface area contributed by atoms with Gasteiger partial charge in [-0.3, -0.25) is 4.79 Å². The zero-order chi connectivity index (χ0) is 15.9. The van der Waals surface area contributed by atoms with E-state index in [1.54, 1.807) is 13.2 Å². The molecule has 0 unspecified atom stereocenters. The van der Waals surface area contributed by atoms with Crippen LogP contribution in [0.2, 0.25) is 0 Å². The molecule has 120 valence electrons. The highest BCUT2D eigenvalue weighted by atomic mass is 16.5. The molecule has 1 heterocycles. The number of rotatable bonds is 5. The third-order valence-electron chi connectivity index (χ3n) is 4.21. The minimum atomic E-state index is 0.0893. The molecule has 0 radical (unpaired) electrons. The second kappa shape index (κ2) is 7.99. The number of likely N-dealkylation sites (tertiary alicyclic amines) is 1. The second-order valence-corrected chi connectivity index (χ2v) is 5.91. The number of hydrogen-bond acceptors (Lipinski definition) is 3. The number of amides is 1. The molecule has 1 N–H and O–H groups in total. The Labute approximate surface area is 133 Å². The van der Waals surface area contributed by atoms with Gasteiger partial charge in [0.15, 0.2) is 0 Å². The van der Waals surface area contributed by atoms with E-state index in [0.717, 1.165) is 49.4 Å². The van der Waals surface area contributed by atoms with Crippen LogP contribution in [0.1, 0.15) is 24.0 Å². The Balaban J connectivity index is 1.96. The lowest BCUT2D eigenvalue weighted by Crippen LogP contribution is -2.39. The second-order valence-electron chi connectivity index (χ2n) is 5.91. The Morgan fingerprint density at radius 3 is 2.77 bits per heavy atom. The number of nitrogens with zero attached hydrogens (tertiary/aromatic N) is 1. The van der Waals surface area contributed by atoms with Gasteiger partial charge < -0.3 is 15.0 Å². The molecular weight excluding hydrogens is 276 g/mol. The average Bonchev–Trinajstić information content (AvgIpc) is 2.54. The number of hydrogen-bond donors (Lipinski definition) is 1. The van der Waals surface area contributed by atoms with E-state index in [-0.39, 0.29) is 5.91 Å². The van der Waals surface area contributed by atoms with Crippen molar-refractivity contribution in [1.29, 1.82) is 0 Å². The van der Waals surface area contributed by atoms with Crippen LogP contribution in [-0.2, 0) is 4.79 Å². The number of nitrogens with one attached hydrogen (secondary N) is 1. The largest absolute Gasteiger partial charge is 0.496 e. The van der Waals surface area contributed by atoms with Crippen LogP contribution in [-0.4, -0.2) is 44.6 Å². The van der Waals surface area contributed by atoms with Crippen molar-refractivity contribution in [2.24, 2.45) is 5.92 Å². The maximum absolute atomic E-state index is 12.3. The first-order chi connectivity index (χ1) is 10.6. The molecule has 4 heteroatoms. The van der Waals surface area contributed by atoms with E-state index < -0.39 is 0 Å². The fourth-order valence-corrected chi connectivity index (χ4v) is 2.90. The van der Waals surface area contributed by atoms with Crippen molar-refractivity contribution in [1.82, 2.24) is 10.2 Å². The van der Waals surface area contributed by atoms with Gasteiger partial charge in [-0.2, -0.15) is 0 Å². The number of benzene rings is 1. The molecule has 0 bridgehead atoms. The number of ether oxygens (including phenoxy) is 1. The summed E-state index contributed by atoms with van der Waals surface area (Å²) in [4.78, 5) is 14.2. The first kappa shape index (κ1) is 16.6. The molecule has 0 aliphatic carbocycles. The van der Waals surface area contributed by atoms with E-state index >= 15 is 0 Å². The summed E-state index contributed by atoms with van der Waals surface area (Å²) >= 11 is 0. The van der Waals surface area contributed by atoms with E-state index in [4.69, 9.17) is 4.74 Å². The van der Waals surface area contributed by atoms with E-state index in [2.05, 4.69) is 5.32 Å². The molecule has 0 atom stereocenters. The Morgan fingerprint density at radius 1 is 1.41 bits per heavy atom. The summed E-state index contributed by atoms with van der Waals surface area (Å²) in [5, 5.41) is 3.21. The highest BCUT2D eigenvalue weighted by Gasteiger charge is 2.20. The average molecular weight is 302 g/mol. The van der Waals surface area contributed by atoms with E-state index in [9.17, 15) is 4.79 Å². The van der Waals surface area contributed by atoms with Crippen molar-refractivity contribution in [3.8, 4) is 5.75 Å². The minimum Gasteiger partial charge on any atom is -0.496 e. The molecule has 2 rings (SSSR count). The van der Waals surface area contributed by atoms with Crippen LogP contribution in [0.3, 0.4) is 0 Å². The summed E-state index contributed by atoms with van der Waals surface area (Å²) in [7, 11) is 3.63. The van der Waals surface area contributed by atoms with Gasteiger partial charge in [0.05, 0.1) is 7.11 Å². The van der Waals surface area contributed by atoms with E-state index in [1.165, 1.54) is 0 Å². The third kappa shape index (κ3) is 4.34. The lowest BCUT2D eigenvalue weighted by Gasteiger charge is -2.31. The van der Waals surface area contributed by atoms with Gasteiger partial charge in [0.2, 0.25) is 5.91 Å². The van der Waals surface area contributed by atoms with Gasteiger partial charge in [-0.1, -0.05) is 11.6 Å². The smallest absolute Gasteiger partial charge is 0.246 e. The molecular formula is C18H26N2O2. The van der Waals surface area contributed by atoms with Gasteiger partial charge in [0, 0.05) is 24.7 Å².